The Kier molecular flexibility index (Phi) is 10.8. The SMILES string of the molecule is CCCC(CN)(CCCOCCOC)C(=O)OCC. The fourth-order valence-electron chi connectivity index (χ4n) is 2.14. The predicted molar refractivity (Wildman–Crippen MR) is 75.0 cm³/mol. The third-order valence-electron chi connectivity index (χ3n) is 3.20. The highest BCUT2D eigenvalue weighted by molar-refractivity contribution is 5.77. The van der Waals surface area contributed by atoms with Gasteiger partial charge in [-0.15, -0.1) is 0 Å². The first kappa shape index (κ1) is 18.4. The van der Waals surface area contributed by atoms with Gasteiger partial charge >= 0.3 is 5.97 Å². The first-order valence-electron chi connectivity index (χ1n) is 7.10. The summed E-state index contributed by atoms with van der Waals surface area (Å²) in [5, 5.41) is 0. The van der Waals surface area contributed by atoms with E-state index in [1.165, 1.54) is 0 Å². The maximum Gasteiger partial charge on any atom is 0.313 e. The lowest BCUT2D eigenvalue weighted by molar-refractivity contribution is -0.156. The van der Waals surface area contributed by atoms with Crippen molar-refractivity contribution >= 4 is 5.97 Å². The molecule has 0 aromatic heterocycles. The van der Waals surface area contributed by atoms with E-state index in [9.17, 15) is 4.79 Å². The van der Waals surface area contributed by atoms with Gasteiger partial charge in [0.05, 0.1) is 25.2 Å². The van der Waals surface area contributed by atoms with Gasteiger partial charge in [-0.05, 0) is 26.2 Å². The van der Waals surface area contributed by atoms with Crippen LogP contribution in [0.5, 0.6) is 0 Å². The maximum absolute atomic E-state index is 12.1. The normalized spacial score (nSPS) is 14.1. The van der Waals surface area contributed by atoms with Crippen LogP contribution in [0.3, 0.4) is 0 Å². The van der Waals surface area contributed by atoms with Crippen LogP contribution in [0.1, 0.15) is 39.5 Å². The van der Waals surface area contributed by atoms with E-state index in [4.69, 9.17) is 19.9 Å². The van der Waals surface area contributed by atoms with Crippen molar-refractivity contribution in [2.75, 3.05) is 40.1 Å². The second-order valence-electron chi connectivity index (χ2n) is 4.66. The molecule has 0 rings (SSSR count). The molecular formula is C14H29NO4. The fourth-order valence-corrected chi connectivity index (χ4v) is 2.14. The molecule has 0 aliphatic heterocycles. The summed E-state index contributed by atoms with van der Waals surface area (Å²) in [6.07, 6.45) is 3.20. The minimum atomic E-state index is -0.546. The Balaban J connectivity index is 4.22. The summed E-state index contributed by atoms with van der Waals surface area (Å²) >= 11 is 0. The van der Waals surface area contributed by atoms with Gasteiger partial charge in [-0.3, -0.25) is 4.79 Å². The van der Waals surface area contributed by atoms with Gasteiger partial charge in [-0.25, -0.2) is 0 Å². The van der Waals surface area contributed by atoms with E-state index < -0.39 is 5.41 Å². The van der Waals surface area contributed by atoms with E-state index in [1.807, 2.05) is 6.92 Å². The first-order valence-corrected chi connectivity index (χ1v) is 7.10. The zero-order valence-corrected chi connectivity index (χ0v) is 12.6. The van der Waals surface area contributed by atoms with Crippen molar-refractivity contribution < 1.29 is 19.0 Å². The minimum Gasteiger partial charge on any atom is -0.466 e. The van der Waals surface area contributed by atoms with Crippen molar-refractivity contribution in [1.82, 2.24) is 0 Å². The van der Waals surface area contributed by atoms with Gasteiger partial charge < -0.3 is 19.9 Å². The number of ether oxygens (including phenoxy) is 3. The van der Waals surface area contributed by atoms with Crippen LogP contribution < -0.4 is 5.73 Å². The van der Waals surface area contributed by atoms with Crippen LogP contribution in [0.15, 0.2) is 0 Å². The topological polar surface area (TPSA) is 70.8 Å². The molecular weight excluding hydrogens is 246 g/mol. The largest absolute Gasteiger partial charge is 0.466 e. The quantitative estimate of drug-likeness (QED) is 0.434. The van der Waals surface area contributed by atoms with E-state index in [0.717, 1.165) is 19.3 Å². The van der Waals surface area contributed by atoms with Gasteiger partial charge in [0.2, 0.25) is 0 Å². The predicted octanol–water partition coefficient (Wildman–Crippen LogP) is 1.74. The zero-order valence-electron chi connectivity index (χ0n) is 12.6. The number of rotatable bonds is 12. The molecule has 0 bridgehead atoms. The van der Waals surface area contributed by atoms with Crippen LogP contribution in [0.4, 0.5) is 0 Å². The molecule has 0 aliphatic carbocycles. The molecule has 2 N–H and O–H groups in total. The molecule has 114 valence electrons. The molecule has 0 spiro atoms. The van der Waals surface area contributed by atoms with Crippen LogP contribution in [0.25, 0.3) is 0 Å². The number of carbonyl (C=O) groups is 1. The molecule has 19 heavy (non-hydrogen) atoms. The second-order valence-corrected chi connectivity index (χ2v) is 4.66. The smallest absolute Gasteiger partial charge is 0.313 e. The molecule has 0 saturated heterocycles. The molecule has 0 radical (unpaired) electrons. The van der Waals surface area contributed by atoms with Gasteiger partial charge in [0.1, 0.15) is 0 Å². The van der Waals surface area contributed by atoms with Crippen molar-refractivity contribution in [1.29, 1.82) is 0 Å². The summed E-state index contributed by atoms with van der Waals surface area (Å²) in [5.74, 6) is -0.170. The summed E-state index contributed by atoms with van der Waals surface area (Å²) in [5.41, 5.74) is 5.28. The molecule has 1 atom stereocenters. The highest BCUT2D eigenvalue weighted by Crippen LogP contribution is 2.30. The molecule has 5 heteroatoms. The number of carbonyl (C=O) groups excluding carboxylic acids is 1. The van der Waals surface area contributed by atoms with Gasteiger partial charge in [-0.1, -0.05) is 13.3 Å². The van der Waals surface area contributed by atoms with Crippen LogP contribution in [-0.4, -0.2) is 46.1 Å². The van der Waals surface area contributed by atoms with Crippen molar-refractivity contribution in [2.24, 2.45) is 11.1 Å². The Morgan fingerprint density at radius 2 is 1.89 bits per heavy atom. The van der Waals surface area contributed by atoms with E-state index in [-0.39, 0.29) is 5.97 Å². The highest BCUT2D eigenvalue weighted by atomic mass is 16.5. The Morgan fingerprint density at radius 3 is 2.42 bits per heavy atom. The number of nitrogens with two attached hydrogens (primary N) is 1. The summed E-state index contributed by atoms with van der Waals surface area (Å²) in [7, 11) is 1.64. The lowest BCUT2D eigenvalue weighted by Crippen LogP contribution is -2.40. The maximum atomic E-state index is 12.1. The molecule has 0 fully saturated rings. The highest BCUT2D eigenvalue weighted by Gasteiger charge is 2.37. The Labute approximate surface area is 116 Å². The van der Waals surface area contributed by atoms with Gasteiger partial charge in [0, 0.05) is 20.3 Å². The number of methoxy groups -OCH3 is 1. The molecule has 0 amide bonds. The summed E-state index contributed by atoms with van der Waals surface area (Å²) in [6, 6.07) is 0. The fraction of sp³-hybridized carbons (Fsp3) is 0.929. The molecule has 0 aromatic carbocycles. The second kappa shape index (κ2) is 11.2. The van der Waals surface area contributed by atoms with Crippen LogP contribution >= 0.6 is 0 Å². The Hall–Kier alpha value is -0.650. The van der Waals surface area contributed by atoms with E-state index >= 15 is 0 Å². The van der Waals surface area contributed by atoms with Crippen molar-refractivity contribution in [3.8, 4) is 0 Å². The van der Waals surface area contributed by atoms with E-state index in [0.29, 0.717) is 39.4 Å². The molecule has 0 aliphatic rings. The van der Waals surface area contributed by atoms with Crippen LogP contribution in [0, 0.1) is 5.41 Å². The van der Waals surface area contributed by atoms with Crippen molar-refractivity contribution in [3.05, 3.63) is 0 Å². The average Bonchev–Trinajstić information content (AvgIpc) is 2.41. The van der Waals surface area contributed by atoms with Gasteiger partial charge in [0.15, 0.2) is 0 Å². The van der Waals surface area contributed by atoms with E-state index in [2.05, 4.69) is 6.92 Å². The molecule has 1 unspecified atom stereocenters. The standard InChI is InChI=1S/C14H29NO4/c1-4-7-14(12-15,13(16)19-5-2)8-6-9-18-11-10-17-3/h4-12,15H2,1-3H3. The number of hydrogen-bond acceptors (Lipinski definition) is 5. The summed E-state index contributed by atoms with van der Waals surface area (Å²) < 4.78 is 15.5. The average molecular weight is 275 g/mol. The Bertz CT molecular complexity index is 235. The van der Waals surface area contributed by atoms with Gasteiger partial charge in [-0.2, -0.15) is 0 Å². The van der Waals surface area contributed by atoms with Crippen molar-refractivity contribution in [3.63, 3.8) is 0 Å². The summed E-state index contributed by atoms with van der Waals surface area (Å²) in [6.45, 7) is 6.40. The first-order chi connectivity index (χ1) is 9.16. The summed E-state index contributed by atoms with van der Waals surface area (Å²) in [4.78, 5) is 12.1. The minimum absolute atomic E-state index is 0.170. The Morgan fingerprint density at radius 1 is 1.16 bits per heavy atom. The molecule has 0 heterocycles. The zero-order chi connectivity index (χ0) is 14.6. The monoisotopic (exact) mass is 275 g/mol. The molecule has 5 nitrogen and oxygen atoms in total. The number of esters is 1. The van der Waals surface area contributed by atoms with E-state index in [1.54, 1.807) is 7.11 Å². The van der Waals surface area contributed by atoms with Crippen molar-refractivity contribution in [2.45, 2.75) is 39.5 Å². The third-order valence-corrected chi connectivity index (χ3v) is 3.20. The lowest BCUT2D eigenvalue weighted by Gasteiger charge is -2.29. The van der Waals surface area contributed by atoms with Crippen LogP contribution in [0.2, 0.25) is 0 Å². The molecule has 0 saturated carbocycles. The molecule has 0 aromatic rings. The van der Waals surface area contributed by atoms with Crippen LogP contribution in [-0.2, 0) is 19.0 Å². The number of hydrogen-bond donors (Lipinski definition) is 1. The third kappa shape index (κ3) is 6.89. The van der Waals surface area contributed by atoms with Gasteiger partial charge in [0.25, 0.3) is 0 Å². The lowest BCUT2D eigenvalue weighted by atomic mass is 9.79.